The molecule has 31 heavy (non-hydrogen) atoms. The summed E-state index contributed by atoms with van der Waals surface area (Å²) < 4.78 is 0. The molecule has 2 aromatic rings. The summed E-state index contributed by atoms with van der Waals surface area (Å²) in [5, 5.41) is 6.99. The number of hydrogen-bond donors (Lipinski definition) is 1. The third-order valence-electron chi connectivity index (χ3n) is 6.29. The Hall–Kier alpha value is -2.67. The Labute approximate surface area is 187 Å². The summed E-state index contributed by atoms with van der Waals surface area (Å²) in [5.74, 6) is -0.144. The maximum Gasteiger partial charge on any atom is 0.254 e. The summed E-state index contributed by atoms with van der Waals surface area (Å²) in [4.78, 5) is 42.8. The molecular formula is C24H29N3O3S. The van der Waals surface area contributed by atoms with Gasteiger partial charge in [-0.1, -0.05) is 24.6 Å². The van der Waals surface area contributed by atoms with Crippen LogP contribution in [0.1, 0.15) is 41.6 Å². The Morgan fingerprint density at radius 3 is 2.65 bits per heavy atom. The van der Waals surface area contributed by atoms with Crippen molar-refractivity contribution in [3.05, 3.63) is 58.3 Å². The summed E-state index contributed by atoms with van der Waals surface area (Å²) in [6, 6.07) is 11.2. The van der Waals surface area contributed by atoms with Crippen LogP contribution in [0.15, 0.2) is 47.2 Å². The summed E-state index contributed by atoms with van der Waals surface area (Å²) in [5.41, 5.74) is 1.66. The minimum atomic E-state index is -0.180. The van der Waals surface area contributed by atoms with E-state index in [4.69, 9.17) is 0 Å². The average Bonchev–Trinajstić information content (AvgIpc) is 3.47. The Morgan fingerprint density at radius 1 is 1.03 bits per heavy atom. The third kappa shape index (κ3) is 5.15. The van der Waals surface area contributed by atoms with Crippen molar-refractivity contribution < 1.29 is 14.4 Å². The molecule has 0 spiro atoms. The zero-order valence-corrected chi connectivity index (χ0v) is 18.5. The number of amides is 3. The number of rotatable bonds is 3. The zero-order chi connectivity index (χ0) is 21.6. The molecule has 7 heteroatoms. The highest BCUT2D eigenvalue weighted by Crippen LogP contribution is 2.31. The van der Waals surface area contributed by atoms with Crippen LogP contribution in [0.4, 0.5) is 0 Å². The second-order valence-electron chi connectivity index (χ2n) is 8.30. The van der Waals surface area contributed by atoms with Crippen LogP contribution in [-0.4, -0.2) is 59.7 Å². The molecule has 1 aliphatic heterocycles. The number of carbonyl (C=O) groups is 3. The summed E-state index contributed by atoms with van der Waals surface area (Å²) in [7, 11) is 0. The predicted octanol–water partition coefficient (Wildman–Crippen LogP) is 2.95. The molecule has 2 fully saturated rings. The molecule has 1 saturated carbocycles. The van der Waals surface area contributed by atoms with Crippen molar-refractivity contribution in [3.63, 3.8) is 0 Å². The van der Waals surface area contributed by atoms with Crippen molar-refractivity contribution in [2.45, 2.75) is 38.1 Å². The van der Waals surface area contributed by atoms with E-state index in [9.17, 15) is 14.4 Å². The maximum atomic E-state index is 13.3. The Balaban J connectivity index is 1.52. The zero-order valence-electron chi connectivity index (χ0n) is 17.7. The molecule has 2 unspecified atom stereocenters. The first kappa shape index (κ1) is 21.6. The van der Waals surface area contributed by atoms with E-state index in [1.165, 1.54) is 0 Å². The number of benzene rings is 1. The number of nitrogens with one attached hydrogen (secondary N) is 1. The smallest absolute Gasteiger partial charge is 0.254 e. The molecule has 0 bridgehead atoms. The minimum Gasteiger partial charge on any atom is -0.354 e. The van der Waals surface area contributed by atoms with E-state index in [1.807, 2.05) is 57.0 Å². The molecule has 1 aromatic heterocycles. The second-order valence-corrected chi connectivity index (χ2v) is 9.08. The quantitative estimate of drug-likeness (QED) is 0.800. The number of nitrogens with zero attached hydrogens (tertiary/aromatic N) is 2. The lowest BCUT2D eigenvalue weighted by Crippen LogP contribution is -2.47. The minimum absolute atomic E-state index is 0.000459. The lowest BCUT2D eigenvalue weighted by molar-refractivity contribution is -0.131. The van der Waals surface area contributed by atoms with Crippen LogP contribution in [0.3, 0.4) is 0 Å². The standard InChI is InChI=1S/C24H29N3O3S/c28-22(16-18-10-15-31-17-18)26-12-5-13-27(24(30)19-6-2-1-3-7-19)21-9-4-8-20(21)23(29)25-11-14-26/h1-3,6-7,10,15,17,20-21H,4-5,8-9,11-14,16H2,(H,25,29). The van der Waals surface area contributed by atoms with Crippen LogP contribution in [-0.2, 0) is 16.0 Å². The molecule has 1 aliphatic carbocycles. The highest BCUT2D eigenvalue weighted by Gasteiger charge is 2.39. The molecule has 1 saturated heterocycles. The van der Waals surface area contributed by atoms with Gasteiger partial charge in [0.15, 0.2) is 0 Å². The molecule has 1 N–H and O–H groups in total. The van der Waals surface area contributed by atoms with E-state index in [2.05, 4.69) is 5.32 Å². The fraction of sp³-hybridized carbons (Fsp3) is 0.458. The van der Waals surface area contributed by atoms with Crippen LogP contribution in [0.2, 0.25) is 0 Å². The van der Waals surface area contributed by atoms with Crippen molar-refractivity contribution in [2.24, 2.45) is 5.92 Å². The average molecular weight is 440 g/mol. The molecule has 2 aliphatic rings. The number of hydrogen-bond acceptors (Lipinski definition) is 4. The van der Waals surface area contributed by atoms with Crippen LogP contribution >= 0.6 is 11.3 Å². The Morgan fingerprint density at radius 2 is 1.87 bits per heavy atom. The molecule has 0 radical (unpaired) electrons. The van der Waals surface area contributed by atoms with E-state index >= 15 is 0 Å². The van der Waals surface area contributed by atoms with Crippen molar-refractivity contribution >= 4 is 29.1 Å². The molecule has 4 rings (SSSR count). The van der Waals surface area contributed by atoms with Gasteiger partial charge in [0.25, 0.3) is 5.91 Å². The largest absolute Gasteiger partial charge is 0.354 e. The van der Waals surface area contributed by atoms with Crippen LogP contribution < -0.4 is 5.32 Å². The van der Waals surface area contributed by atoms with E-state index in [0.717, 1.165) is 24.8 Å². The number of fused-ring (bicyclic) bond motifs is 1. The van der Waals surface area contributed by atoms with Crippen LogP contribution in [0.25, 0.3) is 0 Å². The fourth-order valence-electron chi connectivity index (χ4n) is 4.70. The van der Waals surface area contributed by atoms with Gasteiger partial charge in [0, 0.05) is 37.8 Å². The van der Waals surface area contributed by atoms with Gasteiger partial charge in [-0.25, -0.2) is 0 Å². The Bertz CT molecular complexity index is 900. The van der Waals surface area contributed by atoms with Gasteiger partial charge in [0.2, 0.25) is 11.8 Å². The second kappa shape index (κ2) is 10.1. The normalized spacial score (nSPS) is 22.4. The van der Waals surface area contributed by atoms with Crippen molar-refractivity contribution in [3.8, 4) is 0 Å². The molecule has 6 nitrogen and oxygen atoms in total. The van der Waals surface area contributed by atoms with E-state index in [1.54, 1.807) is 11.3 Å². The topological polar surface area (TPSA) is 69.7 Å². The number of thiophene rings is 1. The summed E-state index contributed by atoms with van der Waals surface area (Å²) in [6.45, 7) is 2.07. The van der Waals surface area contributed by atoms with Gasteiger partial charge in [0.05, 0.1) is 12.3 Å². The summed E-state index contributed by atoms with van der Waals surface area (Å²) in [6.07, 6.45) is 3.67. The lowest BCUT2D eigenvalue weighted by atomic mass is 9.99. The summed E-state index contributed by atoms with van der Waals surface area (Å²) >= 11 is 1.58. The third-order valence-corrected chi connectivity index (χ3v) is 7.03. The van der Waals surface area contributed by atoms with Gasteiger partial charge < -0.3 is 15.1 Å². The first-order valence-electron chi connectivity index (χ1n) is 11.1. The van der Waals surface area contributed by atoms with E-state index in [-0.39, 0.29) is 29.7 Å². The first-order chi connectivity index (χ1) is 15.1. The number of carbonyl (C=O) groups excluding carboxylic acids is 3. The maximum absolute atomic E-state index is 13.3. The van der Waals surface area contributed by atoms with Crippen molar-refractivity contribution in [2.75, 3.05) is 26.2 Å². The molecule has 1 aromatic carbocycles. The molecule has 2 atom stereocenters. The van der Waals surface area contributed by atoms with Gasteiger partial charge in [-0.05, 0) is 53.8 Å². The van der Waals surface area contributed by atoms with E-state index < -0.39 is 0 Å². The van der Waals surface area contributed by atoms with Gasteiger partial charge in [-0.15, -0.1) is 0 Å². The van der Waals surface area contributed by atoms with Crippen LogP contribution in [0.5, 0.6) is 0 Å². The SMILES string of the molecule is O=C1NCCN(C(=O)Cc2ccsc2)CCCN(C(=O)c2ccccc2)C2CCCC12. The lowest BCUT2D eigenvalue weighted by Gasteiger charge is -2.33. The van der Waals surface area contributed by atoms with E-state index in [0.29, 0.717) is 44.6 Å². The first-order valence-corrected chi connectivity index (χ1v) is 12.0. The highest BCUT2D eigenvalue weighted by molar-refractivity contribution is 7.08. The van der Waals surface area contributed by atoms with Gasteiger partial charge in [0.1, 0.15) is 0 Å². The van der Waals surface area contributed by atoms with Crippen molar-refractivity contribution in [1.29, 1.82) is 0 Å². The molecule has 164 valence electrons. The molecule has 2 heterocycles. The monoisotopic (exact) mass is 439 g/mol. The highest BCUT2D eigenvalue weighted by atomic mass is 32.1. The van der Waals surface area contributed by atoms with Gasteiger partial charge >= 0.3 is 0 Å². The Kier molecular flexibility index (Phi) is 7.02. The van der Waals surface area contributed by atoms with Crippen molar-refractivity contribution in [1.82, 2.24) is 15.1 Å². The van der Waals surface area contributed by atoms with Gasteiger partial charge in [-0.2, -0.15) is 11.3 Å². The molecule has 3 amide bonds. The molecular weight excluding hydrogens is 410 g/mol. The van der Waals surface area contributed by atoms with Gasteiger partial charge in [-0.3, -0.25) is 14.4 Å². The fourth-order valence-corrected chi connectivity index (χ4v) is 5.37. The predicted molar refractivity (Wildman–Crippen MR) is 121 cm³/mol. The van der Waals surface area contributed by atoms with Crippen LogP contribution in [0, 0.1) is 5.92 Å².